The average molecular weight is 271 g/mol. The molecule has 0 aromatic heterocycles. The molecular formula is C13H18FNO2S. The zero-order valence-corrected chi connectivity index (χ0v) is 11.3. The van der Waals surface area contributed by atoms with Crippen molar-refractivity contribution < 1.29 is 12.8 Å². The lowest BCUT2D eigenvalue weighted by Crippen LogP contribution is -2.28. The number of benzene rings is 1. The van der Waals surface area contributed by atoms with Gasteiger partial charge in [0.2, 0.25) is 0 Å². The molecule has 5 heteroatoms. The maximum Gasteiger partial charge on any atom is 0.178 e. The van der Waals surface area contributed by atoms with E-state index in [-0.39, 0.29) is 4.90 Å². The van der Waals surface area contributed by atoms with Gasteiger partial charge in [-0.25, -0.2) is 12.8 Å². The highest BCUT2D eigenvalue weighted by atomic mass is 32.2. The normalized spacial score (nSPS) is 17.9. The Morgan fingerprint density at radius 1 is 1.33 bits per heavy atom. The van der Waals surface area contributed by atoms with Gasteiger partial charge in [0, 0.05) is 6.26 Å². The number of piperidine rings is 1. The Balaban J connectivity index is 2.23. The molecule has 0 bridgehead atoms. The van der Waals surface area contributed by atoms with Crippen molar-refractivity contribution >= 4 is 9.84 Å². The van der Waals surface area contributed by atoms with Gasteiger partial charge in [-0.05, 0) is 49.9 Å². The van der Waals surface area contributed by atoms with Crippen molar-refractivity contribution in [3.05, 3.63) is 29.6 Å². The van der Waals surface area contributed by atoms with Crippen molar-refractivity contribution in [1.29, 1.82) is 0 Å². The fourth-order valence-electron chi connectivity index (χ4n) is 2.40. The third kappa shape index (κ3) is 3.09. The van der Waals surface area contributed by atoms with Gasteiger partial charge < -0.3 is 5.32 Å². The van der Waals surface area contributed by atoms with Crippen LogP contribution in [0.4, 0.5) is 4.39 Å². The van der Waals surface area contributed by atoms with Gasteiger partial charge in [-0.2, -0.15) is 0 Å². The van der Waals surface area contributed by atoms with Gasteiger partial charge in [-0.3, -0.25) is 0 Å². The van der Waals surface area contributed by atoms with Crippen LogP contribution in [0.1, 0.15) is 18.4 Å². The minimum Gasteiger partial charge on any atom is -0.317 e. The van der Waals surface area contributed by atoms with Crippen molar-refractivity contribution in [2.75, 3.05) is 19.3 Å². The summed E-state index contributed by atoms with van der Waals surface area (Å²) in [5.41, 5.74) is 0.518. The van der Waals surface area contributed by atoms with E-state index >= 15 is 0 Å². The van der Waals surface area contributed by atoms with Crippen molar-refractivity contribution in [3.8, 4) is 0 Å². The highest BCUT2D eigenvalue weighted by Crippen LogP contribution is 2.23. The molecule has 1 aliphatic heterocycles. The molecule has 1 aromatic carbocycles. The predicted molar refractivity (Wildman–Crippen MR) is 68.8 cm³/mol. The summed E-state index contributed by atoms with van der Waals surface area (Å²) in [5, 5.41) is 3.26. The molecule has 0 radical (unpaired) electrons. The maximum absolute atomic E-state index is 14.1. The molecule has 100 valence electrons. The SMILES string of the molecule is CS(=O)(=O)c1cccc(CC2CCNCC2)c1F. The first-order chi connectivity index (χ1) is 8.48. The molecule has 0 atom stereocenters. The molecule has 1 saturated heterocycles. The molecule has 1 fully saturated rings. The quantitative estimate of drug-likeness (QED) is 0.911. The van der Waals surface area contributed by atoms with Crippen molar-refractivity contribution in [2.24, 2.45) is 5.92 Å². The van der Waals surface area contributed by atoms with Gasteiger partial charge >= 0.3 is 0 Å². The Hall–Kier alpha value is -0.940. The zero-order valence-electron chi connectivity index (χ0n) is 10.4. The third-order valence-electron chi connectivity index (χ3n) is 3.41. The van der Waals surface area contributed by atoms with E-state index in [1.165, 1.54) is 6.07 Å². The first-order valence-corrected chi connectivity index (χ1v) is 8.06. The summed E-state index contributed by atoms with van der Waals surface area (Å²) < 4.78 is 37.0. The summed E-state index contributed by atoms with van der Waals surface area (Å²) in [5.74, 6) is -0.130. The fraction of sp³-hybridized carbons (Fsp3) is 0.538. The molecule has 0 spiro atoms. The summed E-state index contributed by atoms with van der Waals surface area (Å²) in [6.45, 7) is 1.91. The number of hydrogen-bond donors (Lipinski definition) is 1. The molecule has 0 saturated carbocycles. The lowest BCUT2D eigenvalue weighted by molar-refractivity contribution is 0.367. The molecule has 0 amide bonds. The van der Waals surface area contributed by atoms with E-state index in [0.717, 1.165) is 32.2 Å². The Morgan fingerprint density at radius 2 is 2.00 bits per heavy atom. The molecule has 3 nitrogen and oxygen atoms in total. The van der Waals surface area contributed by atoms with Gasteiger partial charge in [-0.1, -0.05) is 12.1 Å². The van der Waals surface area contributed by atoms with E-state index < -0.39 is 15.7 Å². The summed E-state index contributed by atoms with van der Waals surface area (Å²) >= 11 is 0. The van der Waals surface area contributed by atoms with Gasteiger partial charge in [0.05, 0.1) is 0 Å². The molecule has 1 aromatic rings. The van der Waals surface area contributed by atoms with Gasteiger partial charge in [0.25, 0.3) is 0 Å². The zero-order chi connectivity index (χ0) is 13.2. The maximum atomic E-state index is 14.1. The van der Waals surface area contributed by atoms with Crippen molar-refractivity contribution in [1.82, 2.24) is 5.32 Å². The standard InChI is InChI=1S/C13H18FNO2S/c1-18(16,17)12-4-2-3-11(13(12)14)9-10-5-7-15-8-6-10/h2-4,10,15H,5-9H2,1H3. The van der Waals surface area contributed by atoms with E-state index in [1.54, 1.807) is 12.1 Å². The Bertz CT molecular complexity index is 522. The molecule has 0 unspecified atom stereocenters. The second-order valence-electron chi connectivity index (χ2n) is 4.90. The van der Waals surface area contributed by atoms with Crippen molar-refractivity contribution in [2.45, 2.75) is 24.2 Å². The highest BCUT2D eigenvalue weighted by molar-refractivity contribution is 7.90. The molecule has 2 rings (SSSR count). The van der Waals surface area contributed by atoms with Gasteiger partial charge in [0.15, 0.2) is 9.84 Å². The van der Waals surface area contributed by atoms with Crippen LogP contribution in [0, 0.1) is 11.7 Å². The van der Waals surface area contributed by atoms with E-state index in [2.05, 4.69) is 5.32 Å². The van der Waals surface area contributed by atoms with Crippen LogP contribution in [0.25, 0.3) is 0 Å². The molecule has 1 heterocycles. The van der Waals surface area contributed by atoms with E-state index in [1.807, 2.05) is 0 Å². The van der Waals surface area contributed by atoms with Crippen LogP contribution in [0.5, 0.6) is 0 Å². The average Bonchev–Trinajstić information content (AvgIpc) is 2.32. The van der Waals surface area contributed by atoms with Crippen LogP contribution < -0.4 is 5.32 Å². The summed E-state index contributed by atoms with van der Waals surface area (Å²) in [6.07, 6.45) is 3.70. The minimum atomic E-state index is -3.48. The first-order valence-electron chi connectivity index (χ1n) is 6.16. The van der Waals surface area contributed by atoms with Crippen LogP contribution in [-0.4, -0.2) is 27.8 Å². The van der Waals surface area contributed by atoms with Gasteiger partial charge in [-0.15, -0.1) is 0 Å². The molecule has 0 aliphatic carbocycles. The summed E-state index contributed by atoms with van der Waals surface area (Å²) in [7, 11) is -3.48. The monoisotopic (exact) mass is 271 g/mol. The molecule has 1 aliphatic rings. The Labute approximate surface area is 107 Å². The number of rotatable bonds is 3. The summed E-state index contributed by atoms with van der Waals surface area (Å²) in [6, 6.07) is 4.64. The number of hydrogen-bond acceptors (Lipinski definition) is 3. The minimum absolute atomic E-state index is 0.186. The van der Waals surface area contributed by atoms with E-state index in [9.17, 15) is 12.8 Å². The largest absolute Gasteiger partial charge is 0.317 e. The fourth-order valence-corrected chi connectivity index (χ4v) is 3.18. The smallest absolute Gasteiger partial charge is 0.178 e. The first kappa shape index (κ1) is 13.5. The van der Waals surface area contributed by atoms with Crippen LogP contribution in [0.2, 0.25) is 0 Å². The molecule has 1 N–H and O–H groups in total. The Kier molecular flexibility index (Phi) is 4.02. The van der Waals surface area contributed by atoms with E-state index in [0.29, 0.717) is 17.9 Å². The van der Waals surface area contributed by atoms with Crippen LogP contribution in [0.15, 0.2) is 23.1 Å². The highest BCUT2D eigenvalue weighted by Gasteiger charge is 2.20. The van der Waals surface area contributed by atoms with Crippen LogP contribution in [-0.2, 0) is 16.3 Å². The van der Waals surface area contributed by atoms with Gasteiger partial charge in [0.1, 0.15) is 10.7 Å². The molecular weight excluding hydrogens is 253 g/mol. The number of nitrogens with one attached hydrogen (secondary N) is 1. The predicted octanol–water partition coefficient (Wildman–Crippen LogP) is 1.77. The van der Waals surface area contributed by atoms with Crippen molar-refractivity contribution in [3.63, 3.8) is 0 Å². The second-order valence-corrected chi connectivity index (χ2v) is 6.88. The lowest BCUT2D eigenvalue weighted by atomic mass is 9.91. The lowest BCUT2D eigenvalue weighted by Gasteiger charge is -2.22. The number of sulfone groups is 1. The van der Waals surface area contributed by atoms with E-state index in [4.69, 9.17) is 0 Å². The topological polar surface area (TPSA) is 46.2 Å². The Morgan fingerprint density at radius 3 is 2.61 bits per heavy atom. The van der Waals surface area contributed by atoms with Crippen LogP contribution >= 0.6 is 0 Å². The second kappa shape index (κ2) is 5.36. The third-order valence-corrected chi connectivity index (χ3v) is 4.52. The summed E-state index contributed by atoms with van der Waals surface area (Å²) in [4.78, 5) is -0.186. The van der Waals surface area contributed by atoms with Crippen LogP contribution in [0.3, 0.4) is 0 Å². The molecule has 18 heavy (non-hydrogen) atoms. The number of halogens is 1.